The summed E-state index contributed by atoms with van der Waals surface area (Å²) in [5, 5.41) is 6.07. The molecule has 2 aromatic heterocycles. The summed E-state index contributed by atoms with van der Waals surface area (Å²) in [4.78, 5) is 19.3. The average Bonchev–Trinajstić information content (AvgIpc) is 3.18. The molecular weight excluding hydrogens is 454 g/mol. The Morgan fingerprint density at radius 1 is 1.41 bits per heavy atom. The molecule has 144 valence electrons. The summed E-state index contributed by atoms with van der Waals surface area (Å²) in [5.41, 5.74) is 3.73. The molecule has 0 spiro atoms. The van der Waals surface area contributed by atoms with Crippen molar-refractivity contribution >= 4 is 55.9 Å². The van der Waals surface area contributed by atoms with Gasteiger partial charge in [0.2, 0.25) is 0 Å². The van der Waals surface area contributed by atoms with E-state index in [0.717, 1.165) is 26.8 Å². The zero-order chi connectivity index (χ0) is 19.6. The van der Waals surface area contributed by atoms with Crippen LogP contribution in [0.2, 0.25) is 5.02 Å². The van der Waals surface area contributed by atoms with Crippen LogP contribution in [0.1, 0.15) is 32.2 Å². The van der Waals surface area contributed by atoms with E-state index in [1.54, 1.807) is 5.51 Å². The highest BCUT2D eigenvalue weighted by Gasteiger charge is 2.18. The molecule has 9 heteroatoms. The molecule has 27 heavy (non-hydrogen) atoms. The lowest BCUT2D eigenvalue weighted by Crippen LogP contribution is -2.32. The normalized spacial score (nSPS) is 11.6. The van der Waals surface area contributed by atoms with Crippen molar-refractivity contribution in [3.63, 3.8) is 0 Å². The number of benzene rings is 1. The number of alkyl carbamates (subject to hydrolysis) is 1. The lowest BCUT2D eigenvalue weighted by molar-refractivity contribution is 0.0523. The van der Waals surface area contributed by atoms with Crippen LogP contribution in [0.4, 0.5) is 4.79 Å². The molecular formula is C18H19BrClN3O3S. The SMILES string of the molecule is CC(C)(C)OC(=O)NCc1[nH]c2cc(OCc3cscn3)c(Cl)cc2c1Br. The Morgan fingerprint density at radius 3 is 2.85 bits per heavy atom. The first-order chi connectivity index (χ1) is 12.7. The molecule has 0 saturated heterocycles. The number of fused-ring (bicyclic) bond motifs is 1. The molecule has 6 nitrogen and oxygen atoms in total. The first-order valence-corrected chi connectivity index (χ1v) is 10.3. The van der Waals surface area contributed by atoms with E-state index in [1.165, 1.54) is 11.3 Å². The van der Waals surface area contributed by atoms with E-state index >= 15 is 0 Å². The minimum atomic E-state index is -0.543. The summed E-state index contributed by atoms with van der Waals surface area (Å²) in [7, 11) is 0. The van der Waals surface area contributed by atoms with Crippen LogP contribution < -0.4 is 10.1 Å². The Kier molecular flexibility index (Phi) is 5.98. The monoisotopic (exact) mass is 471 g/mol. The topological polar surface area (TPSA) is 76.2 Å². The van der Waals surface area contributed by atoms with Crippen LogP contribution in [0, 0.1) is 0 Å². The van der Waals surface area contributed by atoms with Gasteiger partial charge in [-0.15, -0.1) is 11.3 Å². The summed E-state index contributed by atoms with van der Waals surface area (Å²) in [6.45, 7) is 6.10. The second-order valence-electron chi connectivity index (χ2n) is 6.87. The molecule has 0 bridgehead atoms. The fourth-order valence-electron chi connectivity index (χ4n) is 2.39. The highest BCUT2D eigenvalue weighted by molar-refractivity contribution is 9.10. The van der Waals surface area contributed by atoms with Crippen LogP contribution >= 0.6 is 38.9 Å². The van der Waals surface area contributed by atoms with Gasteiger partial charge in [0.25, 0.3) is 0 Å². The van der Waals surface area contributed by atoms with Gasteiger partial charge in [0.1, 0.15) is 18.0 Å². The quantitative estimate of drug-likeness (QED) is 0.503. The Bertz CT molecular complexity index is 951. The Morgan fingerprint density at radius 2 is 2.19 bits per heavy atom. The zero-order valence-electron chi connectivity index (χ0n) is 15.1. The summed E-state index contributed by atoms with van der Waals surface area (Å²) in [5.74, 6) is 0.567. The number of nitrogens with one attached hydrogen (secondary N) is 2. The predicted molar refractivity (Wildman–Crippen MR) is 111 cm³/mol. The van der Waals surface area contributed by atoms with Gasteiger partial charge in [0, 0.05) is 27.0 Å². The van der Waals surface area contributed by atoms with Crippen molar-refractivity contribution in [2.75, 3.05) is 0 Å². The number of carbonyl (C=O) groups excluding carboxylic acids is 1. The van der Waals surface area contributed by atoms with Gasteiger partial charge in [-0.3, -0.25) is 0 Å². The maximum Gasteiger partial charge on any atom is 0.407 e. The minimum absolute atomic E-state index is 0.289. The summed E-state index contributed by atoms with van der Waals surface area (Å²) < 4.78 is 11.9. The van der Waals surface area contributed by atoms with Crippen LogP contribution in [-0.2, 0) is 17.9 Å². The van der Waals surface area contributed by atoms with Crippen molar-refractivity contribution < 1.29 is 14.3 Å². The molecule has 0 atom stereocenters. The van der Waals surface area contributed by atoms with Gasteiger partial charge in [-0.1, -0.05) is 11.6 Å². The molecule has 0 saturated carbocycles. The largest absolute Gasteiger partial charge is 0.486 e. The van der Waals surface area contributed by atoms with Crippen molar-refractivity contribution in [2.24, 2.45) is 0 Å². The minimum Gasteiger partial charge on any atom is -0.486 e. The number of H-pyrrole nitrogens is 1. The predicted octanol–water partition coefficient (Wildman–Crippen LogP) is 5.64. The number of ether oxygens (including phenoxy) is 2. The van der Waals surface area contributed by atoms with Gasteiger partial charge in [-0.05, 0) is 42.8 Å². The van der Waals surface area contributed by atoms with Gasteiger partial charge < -0.3 is 19.8 Å². The van der Waals surface area contributed by atoms with Crippen LogP contribution in [0.25, 0.3) is 10.9 Å². The molecule has 1 aromatic carbocycles. The van der Waals surface area contributed by atoms with Crippen molar-refractivity contribution in [3.8, 4) is 5.75 Å². The van der Waals surface area contributed by atoms with E-state index in [-0.39, 0.29) is 6.54 Å². The van der Waals surface area contributed by atoms with Crippen LogP contribution in [0.5, 0.6) is 5.75 Å². The van der Waals surface area contributed by atoms with Gasteiger partial charge in [-0.2, -0.15) is 0 Å². The Balaban J connectivity index is 1.74. The number of aromatic nitrogens is 2. The molecule has 0 aliphatic rings. The lowest BCUT2D eigenvalue weighted by Gasteiger charge is -2.19. The smallest absolute Gasteiger partial charge is 0.407 e. The number of hydrogen-bond donors (Lipinski definition) is 2. The second-order valence-corrected chi connectivity index (χ2v) is 8.79. The average molecular weight is 473 g/mol. The van der Waals surface area contributed by atoms with Gasteiger partial charge >= 0.3 is 6.09 Å². The first kappa shape index (κ1) is 20.0. The molecule has 0 aliphatic carbocycles. The number of halogens is 2. The molecule has 0 fully saturated rings. The van der Waals surface area contributed by atoms with E-state index in [9.17, 15) is 4.79 Å². The molecule has 0 unspecified atom stereocenters. The number of aromatic amines is 1. The molecule has 2 N–H and O–H groups in total. The summed E-state index contributed by atoms with van der Waals surface area (Å²) >= 11 is 11.4. The highest BCUT2D eigenvalue weighted by Crippen LogP contribution is 2.35. The van der Waals surface area contributed by atoms with Gasteiger partial charge in [0.05, 0.1) is 28.3 Å². The number of amides is 1. The number of thiazole rings is 1. The fourth-order valence-corrected chi connectivity index (χ4v) is 3.71. The van der Waals surface area contributed by atoms with Crippen molar-refractivity contribution in [2.45, 2.75) is 39.5 Å². The maximum atomic E-state index is 11.9. The van der Waals surface area contributed by atoms with Crippen LogP contribution in [0.3, 0.4) is 0 Å². The van der Waals surface area contributed by atoms with Gasteiger partial charge in [0.15, 0.2) is 0 Å². The molecule has 0 aliphatic heterocycles. The van der Waals surface area contributed by atoms with E-state index < -0.39 is 11.7 Å². The molecule has 3 aromatic rings. The third kappa shape index (κ3) is 5.15. The van der Waals surface area contributed by atoms with E-state index in [4.69, 9.17) is 21.1 Å². The number of hydrogen-bond acceptors (Lipinski definition) is 5. The third-order valence-electron chi connectivity index (χ3n) is 3.53. The summed E-state index contributed by atoms with van der Waals surface area (Å²) in [6, 6.07) is 3.66. The number of rotatable bonds is 5. The van der Waals surface area contributed by atoms with E-state index in [1.807, 2.05) is 38.3 Å². The molecule has 3 rings (SSSR count). The van der Waals surface area contributed by atoms with E-state index in [0.29, 0.717) is 17.4 Å². The summed E-state index contributed by atoms with van der Waals surface area (Å²) in [6.07, 6.45) is -0.474. The molecule has 0 radical (unpaired) electrons. The van der Waals surface area contributed by atoms with Gasteiger partial charge in [-0.25, -0.2) is 9.78 Å². The Labute approximate surface area is 174 Å². The fraction of sp³-hybridized carbons (Fsp3) is 0.333. The molecule has 2 heterocycles. The number of carbonyl (C=O) groups is 1. The Hall–Kier alpha value is -1.77. The highest BCUT2D eigenvalue weighted by atomic mass is 79.9. The maximum absolute atomic E-state index is 11.9. The van der Waals surface area contributed by atoms with Crippen LogP contribution in [-0.4, -0.2) is 21.7 Å². The van der Waals surface area contributed by atoms with Crippen molar-refractivity contribution in [1.29, 1.82) is 0 Å². The second kappa shape index (κ2) is 8.08. The standard InChI is InChI=1S/C18H19BrClN3O3S/c1-18(2,3)26-17(24)21-6-14-16(19)11-4-12(20)15(5-13(11)23-14)25-7-10-8-27-9-22-10/h4-5,8-9,23H,6-7H2,1-3H3,(H,21,24). The van der Waals surface area contributed by atoms with Crippen LogP contribution in [0.15, 0.2) is 27.5 Å². The molecule has 1 amide bonds. The number of nitrogens with zero attached hydrogens (tertiary/aromatic N) is 1. The lowest BCUT2D eigenvalue weighted by atomic mass is 10.2. The van der Waals surface area contributed by atoms with Crippen molar-refractivity contribution in [1.82, 2.24) is 15.3 Å². The van der Waals surface area contributed by atoms with E-state index in [2.05, 4.69) is 31.2 Å². The third-order valence-corrected chi connectivity index (χ3v) is 5.36. The first-order valence-electron chi connectivity index (χ1n) is 8.19. The van der Waals surface area contributed by atoms with Crippen molar-refractivity contribution in [3.05, 3.63) is 43.9 Å². The zero-order valence-corrected chi connectivity index (χ0v) is 18.2.